The summed E-state index contributed by atoms with van der Waals surface area (Å²) in [5.41, 5.74) is 13.7. The molecule has 0 aliphatic rings. The van der Waals surface area contributed by atoms with Crippen LogP contribution in [0.3, 0.4) is 0 Å². The van der Waals surface area contributed by atoms with Crippen molar-refractivity contribution in [3.05, 3.63) is 333 Å². The summed E-state index contributed by atoms with van der Waals surface area (Å²) >= 11 is 0. The van der Waals surface area contributed by atoms with E-state index in [1.807, 2.05) is 12.1 Å². The maximum Gasteiger partial charge on any atom is 0.143 e. The zero-order valence-electron chi connectivity index (χ0n) is 34.9. The molecule has 0 aliphatic carbocycles. The van der Waals surface area contributed by atoms with Gasteiger partial charge in [-0.05, 0) is 133 Å². The zero-order valence-corrected chi connectivity index (χ0v) is 34.9. The molecular weight excluding hydrogens is 753 g/mol. The van der Waals surface area contributed by atoms with E-state index < -0.39 is 0 Å². The van der Waals surface area contributed by atoms with E-state index >= 15 is 0 Å². The molecule has 0 atom stereocenters. The topological polar surface area (TPSA) is 18.5 Å². The van der Waals surface area contributed by atoms with Crippen LogP contribution in [0, 0.1) is 23.7 Å². The summed E-state index contributed by atoms with van der Waals surface area (Å²) in [5, 5.41) is 0. The fourth-order valence-corrected chi connectivity index (χ4v) is 8.39. The smallest absolute Gasteiger partial charge is 0.143 e. The molecule has 62 heavy (non-hydrogen) atoms. The van der Waals surface area contributed by atoms with E-state index in [0.29, 0.717) is 0 Å². The second-order valence-corrected chi connectivity index (χ2v) is 15.2. The van der Waals surface area contributed by atoms with Crippen molar-refractivity contribution in [1.29, 1.82) is 0 Å². The lowest BCUT2D eigenvalue weighted by Crippen LogP contribution is -2.09. The summed E-state index contributed by atoms with van der Waals surface area (Å²) in [6.07, 6.45) is 0. The first kappa shape index (κ1) is 39.5. The van der Waals surface area contributed by atoms with Crippen molar-refractivity contribution in [3.8, 4) is 11.5 Å². The molecule has 0 fully saturated rings. The maximum absolute atomic E-state index is 5.66. The van der Waals surface area contributed by atoms with Crippen molar-refractivity contribution in [3.63, 3.8) is 0 Å². The number of benzene rings is 9. The lowest BCUT2D eigenvalue weighted by atomic mass is 9.79. The average molecular weight is 799 g/mol. The summed E-state index contributed by atoms with van der Waals surface area (Å²) in [5.74, 6) is 6.32. The van der Waals surface area contributed by atoms with E-state index in [9.17, 15) is 0 Å². The summed E-state index contributed by atoms with van der Waals surface area (Å²) in [6, 6.07) is 86.3. The molecule has 294 valence electrons. The van der Waals surface area contributed by atoms with Gasteiger partial charge >= 0.3 is 0 Å². The lowest BCUT2D eigenvalue weighted by Gasteiger charge is -2.17. The summed E-state index contributed by atoms with van der Waals surface area (Å²) < 4.78 is 11.3. The molecule has 0 heterocycles. The van der Waals surface area contributed by atoms with Gasteiger partial charge in [0.2, 0.25) is 0 Å². The predicted octanol–water partition coefficient (Wildman–Crippen LogP) is 13.8. The van der Waals surface area contributed by atoms with Gasteiger partial charge < -0.3 is 9.47 Å². The van der Waals surface area contributed by atoms with Gasteiger partial charge in [0, 0.05) is 84.9 Å². The molecule has 9 rings (SSSR count). The average Bonchev–Trinajstić information content (AvgIpc) is 3.35. The van der Waals surface area contributed by atoms with E-state index in [1.165, 1.54) is 17.0 Å². The van der Waals surface area contributed by atoms with Crippen LogP contribution in [-0.4, -0.2) is 14.2 Å². The van der Waals surface area contributed by atoms with Gasteiger partial charge in [-0.2, -0.15) is 0 Å². The third kappa shape index (κ3) is 8.54. The minimum Gasteiger partial charge on any atom is -0.491 e. The van der Waals surface area contributed by atoms with Crippen LogP contribution in [0.5, 0.6) is 11.5 Å². The second kappa shape index (κ2) is 18.5. The van der Waals surface area contributed by atoms with Gasteiger partial charge in [0.15, 0.2) is 0 Å². The van der Waals surface area contributed by atoms with Crippen molar-refractivity contribution in [2.45, 2.75) is 0 Å². The first-order valence-corrected chi connectivity index (χ1v) is 21.0. The van der Waals surface area contributed by atoms with Crippen molar-refractivity contribution >= 4 is 0 Å². The molecule has 2 heteroatoms. The Morgan fingerprint density at radius 2 is 0.403 bits per heavy atom. The number of hydrogen-bond donors (Lipinski definition) is 0. The molecule has 9 aromatic rings. The molecule has 0 N–H and O–H groups in total. The highest BCUT2D eigenvalue weighted by atomic mass is 16.5. The van der Waals surface area contributed by atoms with Crippen LogP contribution in [0.1, 0.15) is 66.8 Å². The third-order valence-corrected chi connectivity index (χ3v) is 11.4. The lowest BCUT2D eigenvalue weighted by molar-refractivity contribution is 0.414. The molecule has 0 aromatic heterocycles. The van der Waals surface area contributed by atoms with Gasteiger partial charge in [0.1, 0.15) is 11.5 Å². The Kier molecular flexibility index (Phi) is 11.8. The Balaban J connectivity index is 1.14. The SMILES string of the molecule is COc1cccc([C+](c2ccccc2)c2ccc([C+](c3ccc([C+](c4ccccc4)c4ccccc4)cc3)c3ccc([C+](c4ccccc4)c4cccc(OC)c4)cc3)cc2)c1. The van der Waals surface area contributed by atoms with E-state index in [-0.39, 0.29) is 0 Å². The van der Waals surface area contributed by atoms with E-state index in [0.717, 1.165) is 84.9 Å². The Bertz CT molecular complexity index is 2610. The van der Waals surface area contributed by atoms with Crippen molar-refractivity contribution < 1.29 is 9.47 Å². The van der Waals surface area contributed by atoms with Gasteiger partial charge in [0.25, 0.3) is 0 Å². The van der Waals surface area contributed by atoms with Crippen LogP contribution < -0.4 is 9.47 Å². The van der Waals surface area contributed by atoms with E-state index in [2.05, 4.69) is 231 Å². The highest BCUT2D eigenvalue weighted by Crippen LogP contribution is 2.39. The van der Waals surface area contributed by atoms with E-state index in [4.69, 9.17) is 9.47 Å². The van der Waals surface area contributed by atoms with Crippen molar-refractivity contribution in [1.82, 2.24) is 0 Å². The molecule has 0 unspecified atom stereocenters. The number of ether oxygens (including phenoxy) is 2. The Labute approximate surface area is 366 Å². The molecule has 0 saturated heterocycles. The van der Waals surface area contributed by atoms with Gasteiger partial charge in [-0.3, -0.25) is 0 Å². The van der Waals surface area contributed by atoms with Crippen molar-refractivity contribution in [2.75, 3.05) is 14.2 Å². The monoisotopic (exact) mass is 798 g/mol. The largest absolute Gasteiger partial charge is 0.491 e. The molecule has 0 saturated carbocycles. The fourth-order valence-electron chi connectivity index (χ4n) is 8.39. The quantitative estimate of drug-likeness (QED) is 0.0806. The Hall–Kier alpha value is -7.94. The minimum atomic E-state index is 0.828. The Morgan fingerprint density at radius 3 is 0.629 bits per heavy atom. The van der Waals surface area contributed by atoms with Crippen LogP contribution in [-0.2, 0) is 0 Å². The summed E-state index contributed by atoms with van der Waals surface area (Å²) in [6.45, 7) is 0. The second-order valence-electron chi connectivity index (χ2n) is 15.2. The number of rotatable bonds is 14. The fraction of sp³-hybridized carbons (Fsp3) is 0.0333. The normalized spacial score (nSPS) is 10.7. The summed E-state index contributed by atoms with van der Waals surface area (Å²) in [7, 11) is 3.43. The first-order chi connectivity index (χ1) is 30.7. The molecule has 9 aromatic carbocycles. The molecule has 0 bridgehead atoms. The molecule has 0 radical (unpaired) electrons. The van der Waals surface area contributed by atoms with Gasteiger partial charge in [-0.15, -0.1) is 0 Å². The van der Waals surface area contributed by atoms with Gasteiger partial charge in [-0.1, -0.05) is 24.3 Å². The summed E-state index contributed by atoms with van der Waals surface area (Å²) in [4.78, 5) is 0. The maximum atomic E-state index is 5.66. The molecular formula is C60H46O2+4. The van der Waals surface area contributed by atoms with Crippen LogP contribution in [0.4, 0.5) is 0 Å². The number of hydrogen-bond acceptors (Lipinski definition) is 2. The molecule has 2 nitrogen and oxygen atoms in total. The van der Waals surface area contributed by atoms with Crippen LogP contribution in [0.15, 0.2) is 243 Å². The van der Waals surface area contributed by atoms with Crippen LogP contribution >= 0.6 is 0 Å². The van der Waals surface area contributed by atoms with E-state index in [1.54, 1.807) is 14.2 Å². The third-order valence-electron chi connectivity index (χ3n) is 11.4. The highest BCUT2D eigenvalue weighted by Gasteiger charge is 2.31. The minimum absolute atomic E-state index is 0.828. The van der Waals surface area contributed by atoms with Gasteiger partial charge in [-0.25, -0.2) is 0 Å². The van der Waals surface area contributed by atoms with Crippen LogP contribution in [0.25, 0.3) is 0 Å². The van der Waals surface area contributed by atoms with Gasteiger partial charge in [0.05, 0.1) is 105 Å². The van der Waals surface area contributed by atoms with Crippen molar-refractivity contribution in [2.24, 2.45) is 0 Å². The number of methoxy groups -OCH3 is 2. The highest BCUT2D eigenvalue weighted by molar-refractivity contribution is 5.66. The Morgan fingerprint density at radius 1 is 0.210 bits per heavy atom. The molecule has 0 amide bonds. The molecule has 0 aliphatic heterocycles. The first-order valence-electron chi connectivity index (χ1n) is 21.0. The molecule has 0 spiro atoms. The predicted molar refractivity (Wildman–Crippen MR) is 253 cm³/mol. The van der Waals surface area contributed by atoms with Crippen LogP contribution in [0.2, 0.25) is 0 Å². The standard InChI is InChI=1S/C60H46O2/c1-61-55-27-15-25-53(41-55)59(45-21-11-5-12-22-45)51-37-33-49(34-38-51)58(48-31-29-47(30-32-48)57(43-17-7-3-8-18-43)44-19-9-4-10-20-44)50-35-39-52(40-36-50)60(46-23-13-6-14-24-46)54-26-16-28-56(42-54)62-2/h3-42H,1-2H3/q+4. The zero-order chi connectivity index (χ0) is 42.1.